The summed E-state index contributed by atoms with van der Waals surface area (Å²) in [6.45, 7) is 2.49. The van der Waals surface area contributed by atoms with Crippen molar-refractivity contribution in [1.82, 2.24) is 4.90 Å². The summed E-state index contributed by atoms with van der Waals surface area (Å²) in [5.41, 5.74) is 2.55. The number of carbonyl (C=O) groups is 1. The van der Waals surface area contributed by atoms with Crippen LogP contribution in [0.15, 0.2) is 18.2 Å². The van der Waals surface area contributed by atoms with Crippen LogP contribution in [0.1, 0.15) is 23.6 Å². The highest BCUT2D eigenvalue weighted by molar-refractivity contribution is 5.77. The molecule has 0 fully saturated rings. The first-order chi connectivity index (χ1) is 8.05. The minimum atomic E-state index is -0.0444. The molecule has 2 N–H and O–H groups in total. The molecule has 0 radical (unpaired) electrons. The van der Waals surface area contributed by atoms with E-state index in [9.17, 15) is 4.79 Å². The number of nitrogens with zero attached hydrogens (tertiary/aromatic N) is 1. The Morgan fingerprint density at radius 3 is 2.00 bits per heavy atom. The number of Topliss-reactive ketones (excluding diaryl/α,β-unsaturated/α-hetero) is 1. The molecule has 17 heavy (non-hydrogen) atoms. The molecule has 0 atom stereocenters. The van der Waals surface area contributed by atoms with E-state index in [0.717, 1.165) is 16.7 Å². The Kier molecular flexibility index (Phi) is 5.28. The monoisotopic (exact) mass is 237 g/mol. The first-order valence-corrected chi connectivity index (χ1v) is 5.56. The minimum absolute atomic E-state index is 0.0444. The standard InChI is InChI=1S/C13H19NO3/c1-10(17)6-14(2)7-11-3-12(8-15)5-13(4-11)9-16/h3-5,15-16H,6-9H2,1-2H3. The summed E-state index contributed by atoms with van der Waals surface area (Å²) in [6.07, 6.45) is 0. The predicted molar refractivity (Wildman–Crippen MR) is 65.3 cm³/mol. The van der Waals surface area contributed by atoms with E-state index in [-0.39, 0.29) is 19.0 Å². The molecule has 4 heteroatoms. The lowest BCUT2D eigenvalue weighted by Gasteiger charge is -2.16. The van der Waals surface area contributed by atoms with Gasteiger partial charge in [-0.1, -0.05) is 18.2 Å². The molecule has 0 aromatic heterocycles. The van der Waals surface area contributed by atoms with E-state index in [0.29, 0.717) is 13.1 Å². The quantitative estimate of drug-likeness (QED) is 0.764. The van der Waals surface area contributed by atoms with Crippen molar-refractivity contribution in [2.24, 2.45) is 0 Å². The molecule has 0 aliphatic rings. The largest absolute Gasteiger partial charge is 0.392 e. The third-order valence-corrected chi connectivity index (χ3v) is 2.42. The first kappa shape index (κ1) is 13.8. The van der Waals surface area contributed by atoms with E-state index in [2.05, 4.69) is 0 Å². The van der Waals surface area contributed by atoms with Crippen molar-refractivity contribution in [2.45, 2.75) is 26.7 Å². The zero-order valence-corrected chi connectivity index (χ0v) is 10.3. The Morgan fingerprint density at radius 2 is 1.59 bits per heavy atom. The maximum atomic E-state index is 11.0. The van der Waals surface area contributed by atoms with Crippen LogP contribution in [0.2, 0.25) is 0 Å². The average Bonchev–Trinajstić information content (AvgIpc) is 2.27. The predicted octanol–water partition coefficient (Wildman–Crippen LogP) is 0.692. The number of likely N-dealkylation sites (N-methyl/N-ethyl adjacent to an activating group) is 1. The van der Waals surface area contributed by atoms with Crippen molar-refractivity contribution < 1.29 is 15.0 Å². The third-order valence-electron chi connectivity index (χ3n) is 2.42. The summed E-state index contributed by atoms with van der Waals surface area (Å²) < 4.78 is 0. The van der Waals surface area contributed by atoms with Crippen LogP contribution in [-0.2, 0) is 24.6 Å². The molecule has 4 nitrogen and oxygen atoms in total. The van der Waals surface area contributed by atoms with E-state index in [1.807, 2.05) is 24.1 Å². The number of rotatable bonds is 6. The summed E-state index contributed by atoms with van der Waals surface area (Å²) in [7, 11) is 1.87. The maximum absolute atomic E-state index is 11.0. The van der Waals surface area contributed by atoms with Crippen LogP contribution >= 0.6 is 0 Å². The second kappa shape index (κ2) is 6.49. The molecule has 0 bridgehead atoms. The number of carbonyl (C=O) groups excluding carboxylic acids is 1. The Morgan fingerprint density at radius 1 is 1.12 bits per heavy atom. The Labute approximate surface area is 101 Å². The molecule has 94 valence electrons. The van der Waals surface area contributed by atoms with Gasteiger partial charge in [-0.3, -0.25) is 9.69 Å². The zero-order chi connectivity index (χ0) is 12.8. The van der Waals surface area contributed by atoms with Gasteiger partial charge in [-0.15, -0.1) is 0 Å². The molecule has 1 aromatic carbocycles. The number of hydrogen-bond acceptors (Lipinski definition) is 4. The smallest absolute Gasteiger partial charge is 0.143 e. The fraction of sp³-hybridized carbons (Fsp3) is 0.462. The van der Waals surface area contributed by atoms with Gasteiger partial charge in [0.05, 0.1) is 19.8 Å². The van der Waals surface area contributed by atoms with Crippen LogP contribution in [0, 0.1) is 0 Å². The maximum Gasteiger partial charge on any atom is 0.143 e. The Hall–Kier alpha value is -1.23. The van der Waals surface area contributed by atoms with Crippen LogP contribution in [0.4, 0.5) is 0 Å². The van der Waals surface area contributed by atoms with E-state index >= 15 is 0 Å². The van der Waals surface area contributed by atoms with E-state index in [1.165, 1.54) is 0 Å². The van der Waals surface area contributed by atoms with E-state index < -0.39 is 0 Å². The Balaban J connectivity index is 2.79. The third kappa shape index (κ3) is 4.65. The van der Waals surface area contributed by atoms with Crippen LogP contribution in [0.5, 0.6) is 0 Å². The van der Waals surface area contributed by atoms with Gasteiger partial charge in [0.2, 0.25) is 0 Å². The normalized spacial score (nSPS) is 10.9. The van der Waals surface area contributed by atoms with Gasteiger partial charge in [0.1, 0.15) is 5.78 Å². The highest BCUT2D eigenvalue weighted by Gasteiger charge is 2.05. The molecule has 0 aliphatic heterocycles. The lowest BCUT2D eigenvalue weighted by atomic mass is 10.1. The highest BCUT2D eigenvalue weighted by Crippen LogP contribution is 2.12. The van der Waals surface area contributed by atoms with Crippen molar-refractivity contribution in [1.29, 1.82) is 0 Å². The fourth-order valence-corrected chi connectivity index (χ4v) is 1.86. The highest BCUT2D eigenvalue weighted by atomic mass is 16.3. The van der Waals surface area contributed by atoms with Crippen molar-refractivity contribution >= 4 is 5.78 Å². The van der Waals surface area contributed by atoms with Crippen molar-refractivity contribution in [3.05, 3.63) is 34.9 Å². The number of benzene rings is 1. The van der Waals surface area contributed by atoms with Crippen molar-refractivity contribution in [2.75, 3.05) is 13.6 Å². The topological polar surface area (TPSA) is 60.8 Å². The molecule has 0 saturated heterocycles. The molecule has 1 rings (SSSR count). The average molecular weight is 237 g/mol. The Bertz CT molecular complexity index is 368. The minimum Gasteiger partial charge on any atom is -0.392 e. The van der Waals surface area contributed by atoms with Gasteiger partial charge in [0.15, 0.2) is 0 Å². The second-order valence-corrected chi connectivity index (χ2v) is 4.35. The van der Waals surface area contributed by atoms with Crippen LogP contribution in [0.25, 0.3) is 0 Å². The van der Waals surface area contributed by atoms with Gasteiger partial charge in [0.25, 0.3) is 0 Å². The van der Waals surface area contributed by atoms with Crippen LogP contribution in [0.3, 0.4) is 0 Å². The number of hydrogen-bond donors (Lipinski definition) is 2. The molecule has 0 amide bonds. The van der Waals surface area contributed by atoms with E-state index in [4.69, 9.17) is 10.2 Å². The van der Waals surface area contributed by atoms with Crippen LogP contribution in [-0.4, -0.2) is 34.5 Å². The van der Waals surface area contributed by atoms with Crippen LogP contribution < -0.4 is 0 Å². The SMILES string of the molecule is CC(=O)CN(C)Cc1cc(CO)cc(CO)c1. The first-order valence-electron chi connectivity index (χ1n) is 5.56. The molecule has 0 spiro atoms. The molecular weight excluding hydrogens is 218 g/mol. The molecule has 0 unspecified atom stereocenters. The van der Waals surface area contributed by atoms with Gasteiger partial charge in [-0.2, -0.15) is 0 Å². The summed E-state index contributed by atoms with van der Waals surface area (Å²) in [5.74, 6) is 0.119. The molecule has 0 saturated carbocycles. The number of aliphatic hydroxyl groups is 2. The summed E-state index contributed by atoms with van der Waals surface area (Å²) >= 11 is 0. The molecule has 1 aromatic rings. The molecule has 0 aliphatic carbocycles. The van der Waals surface area contributed by atoms with E-state index in [1.54, 1.807) is 13.0 Å². The summed E-state index contributed by atoms with van der Waals surface area (Å²) in [6, 6.07) is 5.54. The van der Waals surface area contributed by atoms with Gasteiger partial charge >= 0.3 is 0 Å². The lowest BCUT2D eigenvalue weighted by molar-refractivity contribution is -0.117. The van der Waals surface area contributed by atoms with Gasteiger partial charge < -0.3 is 10.2 Å². The van der Waals surface area contributed by atoms with Gasteiger partial charge in [-0.25, -0.2) is 0 Å². The van der Waals surface area contributed by atoms with Gasteiger partial charge in [-0.05, 0) is 30.7 Å². The molecular formula is C13H19NO3. The van der Waals surface area contributed by atoms with Crippen molar-refractivity contribution in [3.63, 3.8) is 0 Å². The lowest BCUT2D eigenvalue weighted by Crippen LogP contribution is -2.24. The van der Waals surface area contributed by atoms with Crippen molar-refractivity contribution in [3.8, 4) is 0 Å². The number of aliphatic hydroxyl groups excluding tert-OH is 2. The molecule has 0 heterocycles. The second-order valence-electron chi connectivity index (χ2n) is 4.35. The summed E-state index contributed by atoms with van der Waals surface area (Å²) in [4.78, 5) is 12.9. The zero-order valence-electron chi connectivity index (χ0n) is 10.3. The van der Waals surface area contributed by atoms with Gasteiger partial charge in [0, 0.05) is 6.54 Å². The number of ketones is 1. The fourth-order valence-electron chi connectivity index (χ4n) is 1.86. The summed E-state index contributed by atoms with van der Waals surface area (Å²) in [5, 5.41) is 18.2.